The summed E-state index contributed by atoms with van der Waals surface area (Å²) in [7, 11) is 0. The maximum absolute atomic E-state index is 13.5. The van der Waals surface area contributed by atoms with Crippen LogP contribution in [0.4, 0.5) is 10.1 Å². The Hall–Kier alpha value is -1.35. The molecular formula is C16H17BrFN. The maximum atomic E-state index is 13.5. The van der Waals surface area contributed by atoms with Gasteiger partial charge in [0.1, 0.15) is 5.82 Å². The van der Waals surface area contributed by atoms with Crippen molar-refractivity contribution in [2.75, 3.05) is 5.32 Å². The van der Waals surface area contributed by atoms with Crippen molar-refractivity contribution in [3.8, 4) is 0 Å². The average molecular weight is 322 g/mol. The summed E-state index contributed by atoms with van der Waals surface area (Å²) in [6.45, 7) is 6.88. The number of rotatable bonds is 3. The fourth-order valence-electron chi connectivity index (χ4n) is 2.03. The van der Waals surface area contributed by atoms with E-state index in [0.29, 0.717) is 11.0 Å². The average Bonchev–Trinajstić information content (AvgIpc) is 2.37. The minimum atomic E-state index is -0.242. The molecule has 19 heavy (non-hydrogen) atoms. The van der Waals surface area contributed by atoms with E-state index in [9.17, 15) is 4.39 Å². The van der Waals surface area contributed by atoms with Crippen molar-refractivity contribution < 1.29 is 4.39 Å². The highest BCUT2D eigenvalue weighted by atomic mass is 79.9. The Balaban J connectivity index is 2.19. The predicted molar refractivity (Wildman–Crippen MR) is 82.1 cm³/mol. The first-order valence-electron chi connectivity index (χ1n) is 6.23. The van der Waals surface area contributed by atoms with Crippen LogP contribution in [0.15, 0.2) is 34.8 Å². The van der Waals surface area contributed by atoms with Crippen LogP contribution in [-0.4, -0.2) is 0 Å². The van der Waals surface area contributed by atoms with E-state index in [1.165, 1.54) is 22.8 Å². The first kappa shape index (κ1) is 14.1. The zero-order valence-electron chi connectivity index (χ0n) is 11.3. The van der Waals surface area contributed by atoms with Crippen molar-refractivity contribution >= 4 is 21.6 Å². The summed E-state index contributed by atoms with van der Waals surface area (Å²) in [5.74, 6) is -0.242. The van der Waals surface area contributed by atoms with Crippen LogP contribution in [0.25, 0.3) is 0 Å². The standard InChI is InChI=1S/C16H17BrFN/c1-10-5-4-6-13(12(10)3)9-19-16-8-15(18)14(17)7-11(16)2/h4-8,19H,9H2,1-3H3. The lowest BCUT2D eigenvalue weighted by atomic mass is 10.0. The van der Waals surface area contributed by atoms with Crippen molar-refractivity contribution in [2.45, 2.75) is 27.3 Å². The Morgan fingerprint density at radius 2 is 1.84 bits per heavy atom. The van der Waals surface area contributed by atoms with Gasteiger partial charge in [0.05, 0.1) is 4.47 Å². The lowest BCUT2D eigenvalue weighted by Gasteiger charge is -2.13. The number of anilines is 1. The highest BCUT2D eigenvalue weighted by molar-refractivity contribution is 9.10. The predicted octanol–water partition coefficient (Wildman–Crippen LogP) is 5.13. The second-order valence-corrected chi connectivity index (χ2v) is 5.65. The topological polar surface area (TPSA) is 12.0 Å². The Morgan fingerprint density at radius 1 is 1.11 bits per heavy atom. The molecule has 0 heterocycles. The molecule has 3 heteroatoms. The minimum absolute atomic E-state index is 0.242. The molecule has 0 unspecified atom stereocenters. The van der Waals surface area contributed by atoms with Crippen LogP contribution in [0.5, 0.6) is 0 Å². The molecule has 0 aliphatic rings. The minimum Gasteiger partial charge on any atom is -0.381 e. The van der Waals surface area contributed by atoms with E-state index >= 15 is 0 Å². The SMILES string of the molecule is Cc1cc(Br)c(F)cc1NCc1cccc(C)c1C. The zero-order valence-corrected chi connectivity index (χ0v) is 12.9. The molecule has 2 aromatic rings. The molecule has 2 aromatic carbocycles. The highest BCUT2D eigenvalue weighted by Gasteiger charge is 2.06. The molecule has 0 atom stereocenters. The summed E-state index contributed by atoms with van der Waals surface area (Å²) in [4.78, 5) is 0. The molecule has 0 bridgehead atoms. The number of aryl methyl sites for hydroxylation is 2. The molecule has 0 fully saturated rings. The van der Waals surface area contributed by atoms with E-state index < -0.39 is 0 Å². The van der Waals surface area contributed by atoms with Crippen LogP contribution in [0.3, 0.4) is 0 Å². The largest absolute Gasteiger partial charge is 0.381 e. The van der Waals surface area contributed by atoms with Crippen LogP contribution in [0, 0.1) is 26.6 Å². The summed E-state index contributed by atoms with van der Waals surface area (Å²) in [5.41, 5.74) is 5.66. The van der Waals surface area contributed by atoms with Crippen molar-refractivity contribution in [1.29, 1.82) is 0 Å². The van der Waals surface area contributed by atoms with Gasteiger partial charge in [0.15, 0.2) is 0 Å². The summed E-state index contributed by atoms with van der Waals surface area (Å²) in [6.07, 6.45) is 0. The first-order valence-corrected chi connectivity index (χ1v) is 7.03. The van der Waals surface area contributed by atoms with E-state index in [0.717, 1.165) is 11.3 Å². The number of hydrogen-bond donors (Lipinski definition) is 1. The van der Waals surface area contributed by atoms with Gasteiger partial charge in [0.25, 0.3) is 0 Å². The van der Waals surface area contributed by atoms with Crippen LogP contribution >= 0.6 is 15.9 Å². The monoisotopic (exact) mass is 321 g/mol. The molecule has 0 spiro atoms. The smallest absolute Gasteiger partial charge is 0.139 e. The van der Waals surface area contributed by atoms with E-state index in [1.54, 1.807) is 6.07 Å². The fraction of sp³-hybridized carbons (Fsp3) is 0.250. The van der Waals surface area contributed by atoms with Gasteiger partial charge in [-0.1, -0.05) is 18.2 Å². The highest BCUT2D eigenvalue weighted by Crippen LogP contribution is 2.24. The molecule has 1 N–H and O–H groups in total. The molecule has 0 saturated carbocycles. The van der Waals surface area contributed by atoms with Gasteiger partial charge in [0.2, 0.25) is 0 Å². The fourth-order valence-corrected chi connectivity index (χ4v) is 2.49. The Labute approximate surface area is 122 Å². The number of benzene rings is 2. The van der Waals surface area contributed by atoms with E-state index in [1.807, 2.05) is 13.0 Å². The molecule has 100 valence electrons. The van der Waals surface area contributed by atoms with Crippen molar-refractivity contribution in [3.63, 3.8) is 0 Å². The van der Waals surface area contributed by atoms with Gasteiger partial charge in [-0.15, -0.1) is 0 Å². The molecule has 0 aliphatic heterocycles. The Bertz CT molecular complexity index is 608. The van der Waals surface area contributed by atoms with Gasteiger partial charge < -0.3 is 5.32 Å². The lowest BCUT2D eigenvalue weighted by molar-refractivity contribution is 0.621. The molecule has 0 radical (unpaired) electrons. The normalized spacial score (nSPS) is 10.6. The summed E-state index contributed by atoms with van der Waals surface area (Å²) in [5, 5.41) is 3.30. The summed E-state index contributed by atoms with van der Waals surface area (Å²) in [6, 6.07) is 9.57. The van der Waals surface area contributed by atoms with Gasteiger partial charge in [0, 0.05) is 12.2 Å². The van der Waals surface area contributed by atoms with Gasteiger partial charge in [-0.25, -0.2) is 4.39 Å². The summed E-state index contributed by atoms with van der Waals surface area (Å²) < 4.78 is 14.0. The Morgan fingerprint density at radius 3 is 2.58 bits per heavy atom. The molecule has 0 saturated heterocycles. The van der Waals surface area contributed by atoms with E-state index in [2.05, 4.69) is 47.2 Å². The van der Waals surface area contributed by atoms with Crippen LogP contribution in [-0.2, 0) is 6.54 Å². The first-order chi connectivity index (χ1) is 8.99. The van der Waals surface area contributed by atoms with E-state index in [4.69, 9.17) is 0 Å². The number of halogens is 2. The molecular weight excluding hydrogens is 305 g/mol. The van der Waals surface area contributed by atoms with Crippen molar-refractivity contribution in [2.24, 2.45) is 0 Å². The second-order valence-electron chi connectivity index (χ2n) is 4.79. The number of hydrogen-bond acceptors (Lipinski definition) is 1. The van der Waals surface area contributed by atoms with Gasteiger partial charge in [-0.3, -0.25) is 0 Å². The third kappa shape index (κ3) is 3.16. The van der Waals surface area contributed by atoms with Crippen LogP contribution in [0.2, 0.25) is 0 Å². The quantitative estimate of drug-likeness (QED) is 0.826. The molecule has 0 amide bonds. The third-order valence-electron chi connectivity index (χ3n) is 3.45. The van der Waals surface area contributed by atoms with Crippen LogP contribution < -0.4 is 5.32 Å². The Kier molecular flexibility index (Phi) is 4.25. The van der Waals surface area contributed by atoms with Crippen LogP contribution in [0.1, 0.15) is 22.3 Å². The maximum Gasteiger partial charge on any atom is 0.139 e. The van der Waals surface area contributed by atoms with Gasteiger partial charge in [-0.2, -0.15) is 0 Å². The lowest BCUT2D eigenvalue weighted by Crippen LogP contribution is -2.04. The van der Waals surface area contributed by atoms with Crippen molar-refractivity contribution in [3.05, 3.63) is 62.9 Å². The molecule has 2 rings (SSSR count). The van der Waals surface area contributed by atoms with E-state index in [-0.39, 0.29) is 5.82 Å². The van der Waals surface area contributed by atoms with Crippen molar-refractivity contribution in [1.82, 2.24) is 0 Å². The third-order valence-corrected chi connectivity index (χ3v) is 4.06. The zero-order chi connectivity index (χ0) is 14.0. The van der Waals surface area contributed by atoms with Gasteiger partial charge in [-0.05, 0) is 71.1 Å². The summed E-state index contributed by atoms with van der Waals surface area (Å²) >= 11 is 3.19. The molecule has 1 nitrogen and oxygen atoms in total. The molecule has 0 aliphatic carbocycles. The van der Waals surface area contributed by atoms with Gasteiger partial charge >= 0.3 is 0 Å². The second kappa shape index (κ2) is 5.74. The number of nitrogens with one attached hydrogen (secondary N) is 1. The molecule has 0 aromatic heterocycles.